The number of carbonyl (C=O) groups excluding carboxylic acids is 3. The van der Waals surface area contributed by atoms with Crippen LogP contribution in [-0.2, 0) is 16.1 Å². The second kappa shape index (κ2) is 8.50. The number of anilines is 1. The fourth-order valence-electron chi connectivity index (χ4n) is 3.18. The Morgan fingerprint density at radius 3 is 2.81 bits per heavy atom. The standard InChI is InChI=1S/C19H22N4O4/c20-18(25)15-6-2-8-23(15)12-13-4-1-5-14(10-13)22-17(24)11-21-19(26)16-7-3-9-27-16/h1,3-5,7,9-10,15H,2,6,8,11-12H2,(H2,20,25)(H,21,26)(H,22,24)/t15-/m0/s1. The van der Waals surface area contributed by atoms with Crippen molar-refractivity contribution in [2.45, 2.75) is 25.4 Å². The fraction of sp³-hybridized carbons (Fsp3) is 0.316. The number of nitrogens with zero attached hydrogens (tertiary/aromatic N) is 1. The van der Waals surface area contributed by atoms with Crippen LogP contribution < -0.4 is 16.4 Å². The van der Waals surface area contributed by atoms with Crippen LogP contribution in [0.3, 0.4) is 0 Å². The molecule has 2 aromatic rings. The summed E-state index contributed by atoms with van der Waals surface area (Å²) >= 11 is 0. The molecule has 1 aliphatic heterocycles. The summed E-state index contributed by atoms with van der Waals surface area (Å²) in [7, 11) is 0. The number of nitrogens with two attached hydrogens (primary N) is 1. The average molecular weight is 370 g/mol. The van der Waals surface area contributed by atoms with Crippen molar-refractivity contribution in [2.24, 2.45) is 5.73 Å². The van der Waals surface area contributed by atoms with Crippen molar-refractivity contribution in [1.82, 2.24) is 10.2 Å². The number of benzene rings is 1. The quantitative estimate of drug-likeness (QED) is 0.674. The van der Waals surface area contributed by atoms with Gasteiger partial charge in [-0.05, 0) is 49.2 Å². The Morgan fingerprint density at radius 1 is 1.22 bits per heavy atom. The molecule has 8 nitrogen and oxygen atoms in total. The molecule has 0 spiro atoms. The zero-order valence-corrected chi connectivity index (χ0v) is 14.8. The molecule has 0 unspecified atom stereocenters. The van der Waals surface area contributed by atoms with Gasteiger partial charge in [-0.15, -0.1) is 0 Å². The minimum atomic E-state index is -0.449. The van der Waals surface area contributed by atoms with Gasteiger partial charge in [0, 0.05) is 12.2 Å². The maximum atomic E-state index is 12.1. The zero-order valence-electron chi connectivity index (χ0n) is 14.8. The second-order valence-corrected chi connectivity index (χ2v) is 6.44. The fourth-order valence-corrected chi connectivity index (χ4v) is 3.18. The van der Waals surface area contributed by atoms with Crippen LogP contribution in [0.25, 0.3) is 0 Å². The Bertz CT molecular complexity index is 819. The maximum absolute atomic E-state index is 12.1. The molecule has 2 heterocycles. The molecule has 1 saturated heterocycles. The van der Waals surface area contributed by atoms with Crippen molar-refractivity contribution in [3.63, 3.8) is 0 Å². The molecule has 3 amide bonds. The number of rotatable bonds is 7. The summed E-state index contributed by atoms with van der Waals surface area (Å²) in [5.41, 5.74) is 7.05. The van der Waals surface area contributed by atoms with E-state index < -0.39 is 5.91 Å². The van der Waals surface area contributed by atoms with Crippen LogP contribution in [0.2, 0.25) is 0 Å². The predicted molar refractivity (Wildman–Crippen MR) is 98.7 cm³/mol. The van der Waals surface area contributed by atoms with Gasteiger partial charge in [-0.25, -0.2) is 0 Å². The van der Waals surface area contributed by atoms with E-state index in [0.717, 1.165) is 24.9 Å². The third-order valence-corrected chi connectivity index (χ3v) is 4.44. The molecular formula is C19H22N4O4. The van der Waals surface area contributed by atoms with Gasteiger partial charge in [-0.3, -0.25) is 19.3 Å². The highest BCUT2D eigenvalue weighted by molar-refractivity contribution is 5.98. The number of carbonyl (C=O) groups is 3. The number of nitrogens with one attached hydrogen (secondary N) is 2. The van der Waals surface area contributed by atoms with Crippen LogP contribution in [0, 0.1) is 0 Å². The number of hydrogen-bond donors (Lipinski definition) is 3. The molecule has 1 aromatic heterocycles. The first kappa shape index (κ1) is 18.7. The molecule has 1 fully saturated rings. The average Bonchev–Trinajstić information content (AvgIpc) is 3.32. The van der Waals surface area contributed by atoms with Gasteiger partial charge < -0.3 is 20.8 Å². The summed E-state index contributed by atoms with van der Waals surface area (Å²) in [6, 6.07) is 10.3. The molecule has 142 valence electrons. The predicted octanol–water partition coefficient (Wildman–Crippen LogP) is 1.10. The number of amides is 3. The van der Waals surface area contributed by atoms with E-state index in [1.807, 2.05) is 23.1 Å². The first-order valence-electron chi connectivity index (χ1n) is 8.77. The van der Waals surface area contributed by atoms with Crippen LogP contribution in [0.4, 0.5) is 5.69 Å². The van der Waals surface area contributed by atoms with Crippen molar-refractivity contribution >= 4 is 23.4 Å². The van der Waals surface area contributed by atoms with Gasteiger partial charge in [0.05, 0.1) is 18.8 Å². The first-order valence-corrected chi connectivity index (χ1v) is 8.77. The molecule has 27 heavy (non-hydrogen) atoms. The lowest BCUT2D eigenvalue weighted by atomic mass is 10.1. The Labute approximate surface area is 156 Å². The van der Waals surface area contributed by atoms with Gasteiger partial charge in [-0.2, -0.15) is 0 Å². The van der Waals surface area contributed by atoms with Crippen molar-refractivity contribution < 1.29 is 18.8 Å². The lowest BCUT2D eigenvalue weighted by molar-refractivity contribution is -0.122. The van der Waals surface area contributed by atoms with E-state index in [1.54, 1.807) is 12.1 Å². The van der Waals surface area contributed by atoms with Crippen LogP contribution in [0.5, 0.6) is 0 Å². The summed E-state index contributed by atoms with van der Waals surface area (Å²) in [5, 5.41) is 5.24. The lowest BCUT2D eigenvalue weighted by Gasteiger charge is -2.22. The van der Waals surface area contributed by atoms with Crippen molar-refractivity contribution in [1.29, 1.82) is 0 Å². The van der Waals surface area contributed by atoms with E-state index in [4.69, 9.17) is 10.2 Å². The summed E-state index contributed by atoms with van der Waals surface area (Å²) in [6.07, 6.45) is 3.12. The largest absolute Gasteiger partial charge is 0.459 e. The van der Waals surface area contributed by atoms with Gasteiger partial charge in [0.1, 0.15) is 0 Å². The van der Waals surface area contributed by atoms with Gasteiger partial charge in [0.2, 0.25) is 11.8 Å². The highest BCUT2D eigenvalue weighted by atomic mass is 16.3. The van der Waals surface area contributed by atoms with Crippen molar-refractivity contribution in [2.75, 3.05) is 18.4 Å². The van der Waals surface area contributed by atoms with E-state index in [2.05, 4.69) is 10.6 Å². The Kier molecular flexibility index (Phi) is 5.87. The van der Waals surface area contributed by atoms with Crippen molar-refractivity contribution in [3.8, 4) is 0 Å². The SMILES string of the molecule is NC(=O)[C@@H]1CCCN1Cc1cccc(NC(=O)CNC(=O)c2ccco2)c1. The zero-order chi connectivity index (χ0) is 19.2. The minimum absolute atomic E-state index is 0.152. The van der Waals surface area contributed by atoms with Gasteiger partial charge in [0.15, 0.2) is 5.76 Å². The van der Waals surface area contributed by atoms with Gasteiger partial charge in [-0.1, -0.05) is 12.1 Å². The number of hydrogen-bond acceptors (Lipinski definition) is 5. The van der Waals surface area contributed by atoms with E-state index in [9.17, 15) is 14.4 Å². The third-order valence-electron chi connectivity index (χ3n) is 4.44. The molecule has 1 aliphatic rings. The number of likely N-dealkylation sites (tertiary alicyclic amines) is 1. The van der Waals surface area contributed by atoms with E-state index in [1.165, 1.54) is 12.3 Å². The van der Waals surface area contributed by atoms with Gasteiger partial charge >= 0.3 is 0 Å². The summed E-state index contributed by atoms with van der Waals surface area (Å²) < 4.78 is 4.97. The van der Waals surface area contributed by atoms with E-state index >= 15 is 0 Å². The molecule has 4 N–H and O–H groups in total. The third kappa shape index (κ3) is 4.95. The van der Waals surface area contributed by atoms with Crippen LogP contribution in [0.15, 0.2) is 47.1 Å². The Hall–Kier alpha value is -3.13. The smallest absolute Gasteiger partial charge is 0.287 e. The summed E-state index contributed by atoms with van der Waals surface area (Å²) in [4.78, 5) is 37.4. The van der Waals surface area contributed by atoms with E-state index in [0.29, 0.717) is 12.2 Å². The summed E-state index contributed by atoms with van der Waals surface area (Å²) in [5.74, 6) is -0.942. The first-order chi connectivity index (χ1) is 13.0. The molecule has 1 atom stereocenters. The Morgan fingerprint density at radius 2 is 2.07 bits per heavy atom. The maximum Gasteiger partial charge on any atom is 0.287 e. The van der Waals surface area contributed by atoms with Gasteiger partial charge in [0.25, 0.3) is 5.91 Å². The molecule has 0 bridgehead atoms. The lowest BCUT2D eigenvalue weighted by Crippen LogP contribution is -2.39. The molecule has 0 radical (unpaired) electrons. The molecule has 3 rings (SSSR count). The summed E-state index contributed by atoms with van der Waals surface area (Å²) in [6.45, 7) is 1.25. The van der Waals surface area contributed by atoms with Crippen LogP contribution in [-0.4, -0.2) is 41.8 Å². The molecule has 8 heteroatoms. The number of primary amides is 1. The topological polar surface area (TPSA) is 118 Å². The molecular weight excluding hydrogens is 348 g/mol. The van der Waals surface area contributed by atoms with Crippen molar-refractivity contribution in [3.05, 3.63) is 54.0 Å². The number of furan rings is 1. The Balaban J connectivity index is 1.53. The normalized spacial score (nSPS) is 16.8. The molecule has 0 aliphatic carbocycles. The highest BCUT2D eigenvalue weighted by Crippen LogP contribution is 2.21. The molecule has 1 aromatic carbocycles. The van der Waals surface area contributed by atoms with Crippen LogP contribution >= 0.6 is 0 Å². The molecule has 0 saturated carbocycles. The highest BCUT2D eigenvalue weighted by Gasteiger charge is 2.28. The monoisotopic (exact) mass is 370 g/mol. The minimum Gasteiger partial charge on any atom is -0.459 e. The second-order valence-electron chi connectivity index (χ2n) is 6.44. The van der Waals surface area contributed by atoms with E-state index in [-0.39, 0.29) is 30.2 Å². The van der Waals surface area contributed by atoms with Crippen LogP contribution in [0.1, 0.15) is 29.0 Å².